The van der Waals surface area contributed by atoms with Crippen LogP contribution in [0.2, 0.25) is 0 Å². The molecule has 0 saturated carbocycles. The van der Waals surface area contributed by atoms with Gasteiger partial charge in [-0.25, -0.2) is 0 Å². The van der Waals surface area contributed by atoms with E-state index in [2.05, 4.69) is 51.1 Å². The summed E-state index contributed by atoms with van der Waals surface area (Å²) in [5, 5.41) is 0. The van der Waals surface area contributed by atoms with Gasteiger partial charge in [-0.1, -0.05) is 160 Å². The van der Waals surface area contributed by atoms with Gasteiger partial charge in [0.05, 0.1) is 0 Å². The van der Waals surface area contributed by atoms with Crippen LogP contribution in [0.3, 0.4) is 0 Å². The van der Waals surface area contributed by atoms with Gasteiger partial charge in [-0.15, -0.1) is 0 Å². The van der Waals surface area contributed by atoms with Gasteiger partial charge in [-0.3, -0.25) is 0 Å². The average molecular weight is 416 g/mol. The molecule has 0 aromatic heterocycles. The van der Waals surface area contributed by atoms with E-state index in [1.807, 2.05) is 0 Å². The molecular formula is C29H53N. The van der Waals surface area contributed by atoms with Gasteiger partial charge >= 0.3 is 0 Å². The SMILES string of the molecule is CCCCCCCCCCCCCCCCCCCC(C)(C)C(N)c1ccccc1. The molecule has 1 nitrogen and oxygen atoms in total. The summed E-state index contributed by atoms with van der Waals surface area (Å²) in [5.74, 6) is 0. The van der Waals surface area contributed by atoms with Crippen molar-refractivity contribution in [3.05, 3.63) is 35.9 Å². The third kappa shape index (κ3) is 13.5. The molecule has 1 rings (SSSR count). The van der Waals surface area contributed by atoms with Gasteiger partial charge in [0.15, 0.2) is 0 Å². The molecule has 1 aromatic carbocycles. The van der Waals surface area contributed by atoms with Crippen LogP contribution >= 0.6 is 0 Å². The monoisotopic (exact) mass is 415 g/mol. The molecule has 1 heteroatoms. The Morgan fingerprint density at radius 3 is 1.37 bits per heavy atom. The number of hydrogen-bond acceptors (Lipinski definition) is 1. The van der Waals surface area contributed by atoms with Crippen molar-refractivity contribution in [2.45, 2.75) is 142 Å². The average Bonchev–Trinajstić information content (AvgIpc) is 2.76. The van der Waals surface area contributed by atoms with Crippen LogP contribution in [0.25, 0.3) is 0 Å². The van der Waals surface area contributed by atoms with Crippen molar-refractivity contribution in [1.29, 1.82) is 0 Å². The zero-order chi connectivity index (χ0) is 21.9. The molecule has 0 saturated heterocycles. The molecule has 174 valence electrons. The highest BCUT2D eigenvalue weighted by atomic mass is 14.7. The van der Waals surface area contributed by atoms with Crippen LogP contribution in [0.1, 0.15) is 148 Å². The third-order valence-corrected chi connectivity index (χ3v) is 6.93. The second-order valence-corrected chi connectivity index (χ2v) is 10.3. The molecule has 0 aliphatic heterocycles. The summed E-state index contributed by atoms with van der Waals surface area (Å²) in [7, 11) is 0. The lowest BCUT2D eigenvalue weighted by molar-refractivity contribution is 0.255. The predicted octanol–water partition coefficient (Wildman–Crippen LogP) is 9.75. The molecule has 0 fully saturated rings. The minimum absolute atomic E-state index is 0.139. The van der Waals surface area contributed by atoms with Gasteiger partial charge in [-0.2, -0.15) is 0 Å². The van der Waals surface area contributed by atoms with Crippen molar-refractivity contribution in [2.24, 2.45) is 11.1 Å². The fraction of sp³-hybridized carbons (Fsp3) is 0.793. The zero-order valence-electron chi connectivity index (χ0n) is 20.8. The van der Waals surface area contributed by atoms with Crippen LogP contribution in [0, 0.1) is 5.41 Å². The lowest BCUT2D eigenvalue weighted by Crippen LogP contribution is -2.29. The van der Waals surface area contributed by atoms with Crippen molar-refractivity contribution >= 4 is 0 Å². The van der Waals surface area contributed by atoms with E-state index in [-0.39, 0.29) is 11.5 Å². The predicted molar refractivity (Wildman–Crippen MR) is 136 cm³/mol. The summed E-state index contributed by atoms with van der Waals surface area (Å²) in [4.78, 5) is 0. The highest BCUT2D eigenvalue weighted by Gasteiger charge is 2.26. The molecular weight excluding hydrogens is 362 g/mol. The first kappa shape index (κ1) is 27.2. The Morgan fingerprint density at radius 1 is 0.600 bits per heavy atom. The number of rotatable bonds is 20. The van der Waals surface area contributed by atoms with Crippen molar-refractivity contribution in [3.8, 4) is 0 Å². The Morgan fingerprint density at radius 2 is 0.967 bits per heavy atom. The van der Waals surface area contributed by atoms with Crippen LogP contribution < -0.4 is 5.73 Å². The van der Waals surface area contributed by atoms with E-state index in [0.29, 0.717) is 0 Å². The largest absolute Gasteiger partial charge is 0.324 e. The molecule has 0 amide bonds. The Labute approximate surface area is 189 Å². The molecule has 1 aromatic rings. The topological polar surface area (TPSA) is 26.0 Å². The molecule has 2 N–H and O–H groups in total. The summed E-state index contributed by atoms with van der Waals surface area (Å²) in [6.45, 7) is 6.96. The Bertz CT molecular complexity index is 478. The second kappa shape index (κ2) is 17.8. The van der Waals surface area contributed by atoms with Gasteiger partial charge in [0.25, 0.3) is 0 Å². The Hall–Kier alpha value is -0.820. The minimum Gasteiger partial charge on any atom is -0.324 e. The van der Waals surface area contributed by atoms with Crippen molar-refractivity contribution < 1.29 is 0 Å². The lowest BCUT2D eigenvalue weighted by atomic mass is 9.77. The van der Waals surface area contributed by atoms with Crippen LogP contribution in [0.5, 0.6) is 0 Å². The van der Waals surface area contributed by atoms with Gasteiger partial charge < -0.3 is 5.73 Å². The quantitative estimate of drug-likeness (QED) is 0.211. The Balaban J connectivity index is 1.87. The second-order valence-electron chi connectivity index (χ2n) is 10.3. The van der Waals surface area contributed by atoms with E-state index in [9.17, 15) is 0 Å². The number of hydrogen-bond donors (Lipinski definition) is 1. The number of unbranched alkanes of at least 4 members (excludes halogenated alkanes) is 16. The summed E-state index contributed by atoms with van der Waals surface area (Å²) in [6, 6.07) is 10.7. The highest BCUT2D eigenvalue weighted by molar-refractivity contribution is 5.20. The molecule has 0 aliphatic rings. The summed E-state index contributed by atoms with van der Waals surface area (Å²) in [5.41, 5.74) is 7.99. The summed E-state index contributed by atoms with van der Waals surface area (Å²) in [6.07, 6.45) is 25.6. The van der Waals surface area contributed by atoms with Crippen molar-refractivity contribution in [1.82, 2.24) is 0 Å². The molecule has 0 radical (unpaired) electrons. The van der Waals surface area contributed by atoms with E-state index in [4.69, 9.17) is 5.73 Å². The normalized spacial score (nSPS) is 12.9. The van der Waals surface area contributed by atoms with Gasteiger partial charge in [-0.05, 0) is 17.4 Å². The molecule has 1 atom stereocenters. The van der Waals surface area contributed by atoms with E-state index >= 15 is 0 Å². The van der Waals surface area contributed by atoms with Gasteiger partial charge in [0, 0.05) is 6.04 Å². The third-order valence-electron chi connectivity index (χ3n) is 6.93. The molecule has 30 heavy (non-hydrogen) atoms. The Kier molecular flexibility index (Phi) is 16.2. The fourth-order valence-electron chi connectivity index (χ4n) is 4.57. The maximum absolute atomic E-state index is 6.54. The van der Waals surface area contributed by atoms with Crippen LogP contribution in [0.15, 0.2) is 30.3 Å². The smallest absolute Gasteiger partial charge is 0.0346 e. The first-order valence-corrected chi connectivity index (χ1v) is 13.4. The van der Waals surface area contributed by atoms with Gasteiger partial charge in [0.2, 0.25) is 0 Å². The van der Waals surface area contributed by atoms with Crippen molar-refractivity contribution in [3.63, 3.8) is 0 Å². The van der Waals surface area contributed by atoms with Crippen LogP contribution in [-0.2, 0) is 0 Å². The maximum Gasteiger partial charge on any atom is 0.0346 e. The first-order valence-electron chi connectivity index (χ1n) is 13.4. The molecule has 0 aliphatic carbocycles. The summed E-state index contributed by atoms with van der Waals surface area (Å²) < 4.78 is 0. The summed E-state index contributed by atoms with van der Waals surface area (Å²) >= 11 is 0. The number of benzene rings is 1. The van der Waals surface area contributed by atoms with Crippen molar-refractivity contribution in [2.75, 3.05) is 0 Å². The highest BCUT2D eigenvalue weighted by Crippen LogP contribution is 2.36. The molecule has 0 spiro atoms. The van der Waals surface area contributed by atoms with E-state index in [1.165, 1.54) is 121 Å². The van der Waals surface area contributed by atoms with Crippen LogP contribution in [0.4, 0.5) is 0 Å². The molecule has 0 bridgehead atoms. The molecule has 1 unspecified atom stereocenters. The van der Waals surface area contributed by atoms with E-state index < -0.39 is 0 Å². The minimum atomic E-state index is 0.139. The van der Waals surface area contributed by atoms with Gasteiger partial charge in [0.1, 0.15) is 0 Å². The number of nitrogens with two attached hydrogens (primary N) is 1. The zero-order valence-corrected chi connectivity index (χ0v) is 20.8. The fourth-order valence-corrected chi connectivity index (χ4v) is 4.57. The van der Waals surface area contributed by atoms with Crippen LogP contribution in [-0.4, -0.2) is 0 Å². The lowest BCUT2D eigenvalue weighted by Gasteiger charge is -2.32. The van der Waals surface area contributed by atoms with E-state index in [0.717, 1.165) is 0 Å². The maximum atomic E-state index is 6.54. The molecule has 0 heterocycles. The first-order chi connectivity index (χ1) is 14.6. The van der Waals surface area contributed by atoms with E-state index in [1.54, 1.807) is 0 Å². The standard InChI is InChI=1S/C29H53N/c1-4-5-6-7-8-9-10-11-12-13-14-15-16-17-18-19-23-26-29(2,3)28(30)27-24-21-20-22-25-27/h20-22,24-25,28H,4-19,23,26,30H2,1-3H3.